The van der Waals surface area contributed by atoms with E-state index in [-0.39, 0.29) is 0 Å². The third-order valence-corrected chi connectivity index (χ3v) is 3.46. The Balaban J connectivity index is 1.68. The highest BCUT2D eigenvalue weighted by Crippen LogP contribution is 2.49. The molecule has 0 N–H and O–H groups in total. The van der Waals surface area contributed by atoms with Gasteiger partial charge in [-0.2, -0.15) is 0 Å². The molecule has 0 amide bonds. The van der Waals surface area contributed by atoms with E-state index < -0.39 is 0 Å². The van der Waals surface area contributed by atoms with Crippen molar-refractivity contribution in [1.29, 1.82) is 0 Å². The van der Waals surface area contributed by atoms with Crippen LogP contribution in [-0.4, -0.2) is 4.98 Å². The van der Waals surface area contributed by atoms with Crippen LogP contribution in [0.25, 0.3) is 0 Å². The Kier molecular flexibility index (Phi) is 3.76. The van der Waals surface area contributed by atoms with Crippen molar-refractivity contribution in [2.24, 2.45) is 5.92 Å². The monoisotopic (exact) mass is 203 g/mol. The Bertz CT molecular complexity index is 281. The van der Waals surface area contributed by atoms with Crippen LogP contribution in [-0.2, 0) is 0 Å². The molecule has 1 saturated carbocycles. The third-order valence-electron chi connectivity index (χ3n) is 3.46. The summed E-state index contributed by atoms with van der Waals surface area (Å²) in [6.07, 6.45) is 12.3. The molecular weight excluding hydrogens is 182 g/mol. The van der Waals surface area contributed by atoms with Gasteiger partial charge in [0.1, 0.15) is 0 Å². The van der Waals surface area contributed by atoms with Crippen LogP contribution in [0, 0.1) is 5.92 Å². The molecule has 0 radical (unpaired) electrons. The molecule has 1 aromatic heterocycles. The van der Waals surface area contributed by atoms with Gasteiger partial charge in [0, 0.05) is 12.4 Å². The van der Waals surface area contributed by atoms with Gasteiger partial charge in [0.2, 0.25) is 0 Å². The molecule has 0 aliphatic heterocycles. The number of nitrogens with zero attached hydrogens (tertiary/aromatic N) is 1. The van der Waals surface area contributed by atoms with Crippen molar-refractivity contribution in [3.63, 3.8) is 0 Å². The smallest absolute Gasteiger partial charge is 0.0302 e. The molecule has 1 aliphatic carbocycles. The van der Waals surface area contributed by atoms with Crippen LogP contribution in [0.1, 0.15) is 56.9 Å². The van der Waals surface area contributed by atoms with Crippen molar-refractivity contribution < 1.29 is 0 Å². The first kappa shape index (κ1) is 10.7. The molecule has 1 aromatic rings. The van der Waals surface area contributed by atoms with Crippen molar-refractivity contribution in [3.05, 3.63) is 30.1 Å². The minimum Gasteiger partial charge on any atom is -0.264 e. The van der Waals surface area contributed by atoms with Gasteiger partial charge < -0.3 is 0 Å². The van der Waals surface area contributed by atoms with Crippen molar-refractivity contribution >= 4 is 0 Å². The molecule has 0 aromatic carbocycles. The molecule has 82 valence electrons. The van der Waals surface area contributed by atoms with Gasteiger partial charge in [-0.25, -0.2) is 0 Å². The van der Waals surface area contributed by atoms with Gasteiger partial charge in [-0.05, 0) is 36.3 Å². The maximum Gasteiger partial charge on any atom is 0.0302 e. The van der Waals surface area contributed by atoms with E-state index in [4.69, 9.17) is 0 Å². The lowest BCUT2D eigenvalue weighted by Crippen LogP contribution is -1.85. The lowest BCUT2D eigenvalue weighted by Gasteiger charge is -2.00. The number of aromatic nitrogens is 1. The summed E-state index contributed by atoms with van der Waals surface area (Å²) in [5.41, 5.74) is 1.46. The predicted octanol–water partition coefficient (Wildman–Crippen LogP) is 4.16. The van der Waals surface area contributed by atoms with E-state index in [0.29, 0.717) is 0 Å². The quantitative estimate of drug-likeness (QED) is 0.633. The Morgan fingerprint density at radius 3 is 3.00 bits per heavy atom. The number of unbranched alkanes of at least 4 members (excludes halogenated alkanes) is 3. The predicted molar refractivity (Wildman–Crippen MR) is 63.8 cm³/mol. The molecule has 1 heterocycles. The number of rotatable bonds is 6. The molecule has 1 aliphatic rings. The van der Waals surface area contributed by atoms with Gasteiger partial charge in [0.15, 0.2) is 0 Å². The summed E-state index contributed by atoms with van der Waals surface area (Å²) in [5.74, 6) is 1.80. The molecule has 0 unspecified atom stereocenters. The zero-order valence-electron chi connectivity index (χ0n) is 9.65. The summed E-state index contributed by atoms with van der Waals surface area (Å²) < 4.78 is 0. The van der Waals surface area contributed by atoms with E-state index in [1.165, 1.54) is 44.1 Å². The second-order valence-corrected chi connectivity index (χ2v) is 4.74. The highest BCUT2D eigenvalue weighted by atomic mass is 14.6. The van der Waals surface area contributed by atoms with Crippen LogP contribution >= 0.6 is 0 Å². The summed E-state index contributed by atoms with van der Waals surface area (Å²) in [5, 5.41) is 0. The summed E-state index contributed by atoms with van der Waals surface area (Å²) in [6, 6.07) is 4.28. The second kappa shape index (κ2) is 5.29. The lowest BCUT2D eigenvalue weighted by molar-refractivity contribution is 0.589. The lowest BCUT2D eigenvalue weighted by atomic mass is 10.1. The minimum absolute atomic E-state index is 0.834. The molecule has 2 atom stereocenters. The third kappa shape index (κ3) is 3.05. The fraction of sp³-hybridized carbons (Fsp3) is 0.643. The van der Waals surface area contributed by atoms with E-state index >= 15 is 0 Å². The number of hydrogen-bond donors (Lipinski definition) is 0. The van der Waals surface area contributed by atoms with Crippen LogP contribution < -0.4 is 0 Å². The molecule has 0 spiro atoms. The zero-order valence-corrected chi connectivity index (χ0v) is 9.65. The molecule has 1 fully saturated rings. The van der Waals surface area contributed by atoms with E-state index in [0.717, 1.165) is 11.8 Å². The maximum absolute atomic E-state index is 4.19. The van der Waals surface area contributed by atoms with E-state index in [9.17, 15) is 0 Å². The molecule has 2 rings (SSSR count). The van der Waals surface area contributed by atoms with E-state index in [1.807, 2.05) is 12.4 Å². The normalized spacial score (nSPS) is 24.1. The Labute approximate surface area is 92.9 Å². The van der Waals surface area contributed by atoms with Gasteiger partial charge in [-0.3, -0.25) is 4.98 Å². The van der Waals surface area contributed by atoms with Gasteiger partial charge >= 0.3 is 0 Å². The first-order valence-electron chi connectivity index (χ1n) is 6.31. The summed E-state index contributed by atoms with van der Waals surface area (Å²) in [4.78, 5) is 4.19. The van der Waals surface area contributed by atoms with E-state index in [2.05, 4.69) is 24.0 Å². The first-order chi connectivity index (χ1) is 7.42. The van der Waals surface area contributed by atoms with Crippen molar-refractivity contribution in [2.45, 2.75) is 51.4 Å². The molecule has 1 nitrogen and oxygen atoms in total. The molecule has 0 bridgehead atoms. The average Bonchev–Trinajstić information content (AvgIpc) is 3.05. The fourth-order valence-corrected chi connectivity index (χ4v) is 2.40. The average molecular weight is 203 g/mol. The molecule has 0 saturated heterocycles. The van der Waals surface area contributed by atoms with Crippen molar-refractivity contribution in [1.82, 2.24) is 4.98 Å². The Morgan fingerprint density at radius 2 is 2.27 bits per heavy atom. The summed E-state index contributed by atoms with van der Waals surface area (Å²) >= 11 is 0. The molecule has 1 heteroatoms. The van der Waals surface area contributed by atoms with E-state index in [1.54, 1.807) is 0 Å². The maximum atomic E-state index is 4.19. The molecular formula is C14H21N. The number of hydrogen-bond acceptors (Lipinski definition) is 1. The van der Waals surface area contributed by atoms with Crippen molar-refractivity contribution in [3.8, 4) is 0 Å². The Hall–Kier alpha value is -0.850. The number of pyridine rings is 1. The van der Waals surface area contributed by atoms with Crippen LogP contribution in [0.2, 0.25) is 0 Å². The first-order valence-corrected chi connectivity index (χ1v) is 6.31. The van der Waals surface area contributed by atoms with Gasteiger partial charge in [-0.1, -0.05) is 38.7 Å². The van der Waals surface area contributed by atoms with Crippen LogP contribution in [0.3, 0.4) is 0 Å². The summed E-state index contributed by atoms with van der Waals surface area (Å²) in [6.45, 7) is 2.27. The topological polar surface area (TPSA) is 12.9 Å². The van der Waals surface area contributed by atoms with Crippen LogP contribution in [0.4, 0.5) is 0 Å². The zero-order chi connectivity index (χ0) is 10.5. The van der Waals surface area contributed by atoms with Gasteiger partial charge in [-0.15, -0.1) is 0 Å². The largest absolute Gasteiger partial charge is 0.264 e. The fourth-order valence-electron chi connectivity index (χ4n) is 2.40. The van der Waals surface area contributed by atoms with Crippen LogP contribution in [0.5, 0.6) is 0 Å². The minimum atomic E-state index is 0.834. The molecule has 15 heavy (non-hydrogen) atoms. The Morgan fingerprint density at radius 1 is 1.33 bits per heavy atom. The van der Waals surface area contributed by atoms with Crippen molar-refractivity contribution in [2.75, 3.05) is 0 Å². The standard InChI is InChI=1S/C14H21N/c1-2-3-4-5-7-12-10-14(12)13-8-6-9-15-11-13/h6,8-9,11-12,14H,2-5,7,10H2,1H3/t12-,14-/m1/s1. The van der Waals surface area contributed by atoms with Gasteiger partial charge in [0.05, 0.1) is 0 Å². The highest BCUT2D eigenvalue weighted by Gasteiger charge is 2.37. The summed E-state index contributed by atoms with van der Waals surface area (Å²) in [7, 11) is 0. The van der Waals surface area contributed by atoms with Crippen LogP contribution in [0.15, 0.2) is 24.5 Å². The van der Waals surface area contributed by atoms with Gasteiger partial charge in [0.25, 0.3) is 0 Å². The second-order valence-electron chi connectivity index (χ2n) is 4.74. The SMILES string of the molecule is CCCCCC[C@@H]1C[C@H]1c1cccnc1. The highest BCUT2D eigenvalue weighted by molar-refractivity contribution is 5.21.